The van der Waals surface area contributed by atoms with Gasteiger partial charge in [-0.1, -0.05) is 6.92 Å². The number of amides is 1. The molecule has 1 saturated heterocycles. The second-order valence-corrected chi connectivity index (χ2v) is 8.80. The third-order valence-corrected chi connectivity index (χ3v) is 6.41. The summed E-state index contributed by atoms with van der Waals surface area (Å²) in [6.07, 6.45) is 3.28. The first kappa shape index (κ1) is 16.4. The summed E-state index contributed by atoms with van der Waals surface area (Å²) in [5, 5.41) is 4.35. The molecule has 1 fully saturated rings. The minimum atomic E-state index is -2.97. The van der Waals surface area contributed by atoms with Gasteiger partial charge in [0.2, 0.25) is 5.91 Å². The van der Waals surface area contributed by atoms with E-state index in [2.05, 4.69) is 10.00 Å². The van der Waals surface area contributed by atoms with Gasteiger partial charge in [-0.15, -0.1) is 0 Å². The summed E-state index contributed by atoms with van der Waals surface area (Å²) in [5.41, 5.74) is 1.05. The van der Waals surface area contributed by atoms with Gasteiger partial charge in [0, 0.05) is 44.7 Å². The molecule has 0 N–H and O–H groups in total. The Morgan fingerprint density at radius 3 is 2.83 bits per heavy atom. The minimum Gasteiger partial charge on any atom is -0.342 e. The molecule has 0 aromatic carbocycles. The highest BCUT2D eigenvalue weighted by Gasteiger charge is 2.30. The first-order chi connectivity index (χ1) is 11.0. The highest BCUT2D eigenvalue weighted by atomic mass is 32.2. The van der Waals surface area contributed by atoms with Gasteiger partial charge in [0.1, 0.15) is 0 Å². The first-order valence-corrected chi connectivity index (χ1v) is 10.0. The van der Waals surface area contributed by atoms with Crippen molar-refractivity contribution < 1.29 is 13.2 Å². The van der Waals surface area contributed by atoms with E-state index in [4.69, 9.17) is 0 Å². The van der Waals surface area contributed by atoms with Gasteiger partial charge in [0.05, 0.1) is 23.9 Å². The Morgan fingerprint density at radius 2 is 2.17 bits per heavy atom. The van der Waals surface area contributed by atoms with Gasteiger partial charge in [-0.25, -0.2) is 8.42 Å². The van der Waals surface area contributed by atoms with Crippen LogP contribution in [0.25, 0.3) is 0 Å². The summed E-state index contributed by atoms with van der Waals surface area (Å²) >= 11 is 0. The summed E-state index contributed by atoms with van der Waals surface area (Å²) in [6.45, 7) is 5.26. The summed E-state index contributed by atoms with van der Waals surface area (Å²) in [4.78, 5) is 16.3. The number of carbonyl (C=O) groups excluding carboxylic acids is 1. The number of carbonyl (C=O) groups is 1. The molecule has 7 nitrogen and oxygen atoms in total. The van der Waals surface area contributed by atoms with E-state index in [1.54, 1.807) is 13.1 Å². The Labute approximate surface area is 137 Å². The zero-order valence-electron chi connectivity index (χ0n) is 13.5. The van der Waals surface area contributed by atoms with Crippen molar-refractivity contribution in [3.05, 3.63) is 18.0 Å². The monoisotopic (exact) mass is 340 g/mol. The molecule has 3 heterocycles. The number of hydrogen-bond donors (Lipinski definition) is 0. The number of sulfone groups is 1. The van der Waals surface area contributed by atoms with Gasteiger partial charge in [-0.3, -0.25) is 14.4 Å². The van der Waals surface area contributed by atoms with Crippen LogP contribution in [0.2, 0.25) is 0 Å². The maximum absolute atomic E-state index is 12.3. The Kier molecular flexibility index (Phi) is 4.72. The smallest absolute Gasteiger partial charge is 0.224 e. The molecule has 0 spiro atoms. The second-order valence-electron chi connectivity index (χ2n) is 6.33. The topological polar surface area (TPSA) is 75.5 Å². The van der Waals surface area contributed by atoms with Crippen LogP contribution in [0, 0.1) is 0 Å². The lowest BCUT2D eigenvalue weighted by atomic mass is 10.1. The second kappa shape index (κ2) is 6.60. The Balaban J connectivity index is 1.66. The van der Waals surface area contributed by atoms with Crippen molar-refractivity contribution in [1.29, 1.82) is 0 Å². The van der Waals surface area contributed by atoms with Crippen LogP contribution in [-0.2, 0) is 21.2 Å². The molecule has 0 unspecified atom stereocenters. The Morgan fingerprint density at radius 1 is 1.39 bits per heavy atom. The van der Waals surface area contributed by atoms with E-state index in [-0.39, 0.29) is 23.5 Å². The molecular formula is C15H24N4O3S. The normalized spacial score (nSPS) is 21.8. The van der Waals surface area contributed by atoms with E-state index < -0.39 is 9.84 Å². The third kappa shape index (κ3) is 3.74. The van der Waals surface area contributed by atoms with E-state index in [1.165, 1.54) is 0 Å². The molecule has 0 aliphatic carbocycles. The molecular weight excluding hydrogens is 316 g/mol. The lowest BCUT2D eigenvalue weighted by Gasteiger charge is -2.36. The number of rotatable bonds is 6. The molecule has 3 rings (SSSR count). The molecule has 0 bridgehead atoms. The molecule has 1 amide bonds. The van der Waals surface area contributed by atoms with Gasteiger partial charge >= 0.3 is 0 Å². The van der Waals surface area contributed by atoms with E-state index in [1.807, 2.05) is 15.6 Å². The SMILES string of the molecule is CCS(=O)(=O)CCN1Cc2ccnn2[C@H](CC(=O)N2CCC2)C1. The largest absolute Gasteiger partial charge is 0.342 e. The molecule has 1 aromatic rings. The highest BCUT2D eigenvalue weighted by Crippen LogP contribution is 2.24. The molecule has 2 aliphatic heterocycles. The maximum Gasteiger partial charge on any atom is 0.224 e. The fraction of sp³-hybridized carbons (Fsp3) is 0.733. The number of likely N-dealkylation sites (tertiary alicyclic amines) is 1. The van der Waals surface area contributed by atoms with Crippen molar-refractivity contribution in [3.8, 4) is 0 Å². The predicted octanol–water partition coefficient (Wildman–Crippen LogP) is 0.297. The summed E-state index contributed by atoms with van der Waals surface area (Å²) in [6, 6.07) is 1.94. The minimum absolute atomic E-state index is 0.00817. The maximum atomic E-state index is 12.3. The van der Waals surface area contributed by atoms with Crippen LogP contribution >= 0.6 is 0 Å². The third-order valence-electron chi connectivity index (χ3n) is 4.73. The molecule has 128 valence electrons. The molecule has 23 heavy (non-hydrogen) atoms. The van der Waals surface area contributed by atoms with E-state index in [9.17, 15) is 13.2 Å². The van der Waals surface area contributed by atoms with Crippen molar-refractivity contribution in [2.45, 2.75) is 32.4 Å². The fourth-order valence-electron chi connectivity index (χ4n) is 3.09. The van der Waals surface area contributed by atoms with E-state index in [0.717, 1.165) is 25.2 Å². The van der Waals surface area contributed by atoms with Crippen LogP contribution in [0.4, 0.5) is 0 Å². The molecule has 2 aliphatic rings. The van der Waals surface area contributed by atoms with Crippen molar-refractivity contribution in [2.75, 3.05) is 37.7 Å². The van der Waals surface area contributed by atoms with Gasteiger partial charge in [-0.2, -0.15) is 5.10 Å². The van der Waals surface area contributed by atoms with Crippen LogP contribution in [0.3, 0.4) is 0 Å². The Bertz CT molecular complexity index is 666. The van der Waals surface area contributed by atoms with E-state index >= 15 is 0 Å². The van der Waals surface area contributed by atoms with Gasteiger partial charge in [0.15, 0.2) is 9.84 Å². The van der Waals surface area contributed by atoms with Crippen molar-refractivity contribution in [3.63, 3.8) is 0 Å². The molecule has 0 radical (unpaired) electrons. The Hall–Kier alpha value is -1.41. The average Bonchev–Trinajstić information content (AvgIpc) is 2.92. The van der Waals surface area contributed by atoms with Crippen LogP contribution in [0.5, 0.6) is 0 Å². The summed E-state index contributed by atoms with van der Waals surface area (Å²) in [7, 11) is -2.97. The highest BCUT2D eigenvalue weighted by molar-refractivity contribution is 7.91. The summed E-state index contributed by atoms with van der Waals surface area (Å²) < 4.78 is 25.4. The molecule has 1 atom stereocenters. The predicted molar refractivity (Wildman–Crippen MR) is 86.7 cm³/mol. The van der Waals surface area contributed by atoms with Crippen LogP contribution in [-0.4, -0.2) is 71.6 Å². The zero-order chi connectivity index (χ0) is 16.4. The number of hydrogen-bond acceptors (Lipinski definition) is 5. The summed E-state index contributed by atoms with van der Waals surface area (Å²) in [5.74, 6) is 0.519. The first-order valence-electron chi connectivity index (χ1n) is 8.21. The quantitative estimate of drug-likeness (QED) is 0.744. The van der Waals surface area contributed by atoms with Crippen LogP contribution < -0.4 is 0 Å². The molecule has 1 aromatic heterocycles. The number of nitrogens with zero attached hydrogens (tertiary/aromatic N) is 4. The lowest BCUT2D eigenvalue weighted by molar-refractivity contribution is -0.135. The molecule has 0 saturated carbocycles. The van der Waals surface area contributed by atoms with Crippen molar-refractivity contribution in [2.24, 2.45) is 0 Å². The molecule has 8 heteroatoms. The van der Waals surface area contributed by atoms with Gasteiger partial charge in [-0.05, 0) is 12.5 Å². The van der Waals surface area contributed by atoms with Crippen molar-refractivity contribution >= 4 is 15.7 Å². The number of aromatic nitrogens is 2. The van der Waals surface area contributed by atoms with Crippen molar-refractivity contribution in [1.82, 2.24) is 19.6 Å². The van der Waals surface area contributed by atoms with Gasteiger partial charge in [0.25, 0.3) is 0 Å². The standard InChI is InChI=1S/C15H24N4O3S/c1-2-23(21,22)9-8-17-11-13-4-5-16-19(13)14(12-17)10-15(20)18-6-3-7-18/h4-5,14H,2-3,6-12H2,1H3/t14-/m1/s1. The van der Waals surface area contributed by atoms with Gasteiger partial charge < -0.3 is 4.90 Å². The zero-order valence-corrected chi connectivity index (χ0v) is 14.3. The average molecular weight is 340 g/mol. The van der Waals surface area contributed by atoms with Crippen LogP contribution in [0.15, 0.2) is 12.3 Å². The fourth-order valence-corrected chi connectivity index (χ4v) is 3.92. The number of fused-ring (bicyclic) bond motifs is 1. The van der Waals surface area contributed by atoms with Crippen LogP contribution in [0.1, 0.15) is 31.5 Å². The van der Waals surface area contributed by atoms with E-state index in [0.29, 0.717) is 26.1 Å². The lowest BCUT2D eigenvalue weighted by Crippen LogP contribution is -2.45.